The predicted octanol–water partition coefficient (Wildman–Crippen LogP) is 4.18. The molecule has 6 heteroatoms. The lowest BCUT2D eigenvalue weighted by molar-refractivity contribution is -0.131. The van der Waals surface area contributed by atoms with Gasteiger partial charge in [0.1, 0.15) is 29.5 Å². The molecule has 0 aliphatic carbocycles. The number of hydrogen-bond acceptors (Lipinski definition) is 4. The average molecular weight is 354 g/mol. The van der Waals surface area contributed by atoms with E-state index < -0.39 is 11.9 Å². The minimum absolute atomic E-state index is 0.0460. The van der Waals surface area contributed by atoms with Crippen molar-refractivity contribution in [3.63, 3.8) is 0 Å². The maximum absolute atomic E-state index is 13.0. The molecular weight excluding hydrogens is 339 g/mol. The average Bonchev–Trinajstić information content (AvgIpc) is 2.60. The first kappa shape index (κ1) is 17.4. The van der Waals surface area contributed by atoms with Crippen molar-refractivity contribution in [3.8, 4) is 11.5 Å². The highest BCUT2D eigenvalue weighted by Gasteiger charge is 2.16. The lowest BCUT2D eigenvalue weighted by Crippen LogP contribution is -2.07. The first-order valence-electron chi connectivity index (χ1n) is 7.80. The molecule has 0 aromatic heterocycles. The number of fused-ring (bicyclic) bond motifs is 1. The molecule has 3 aromatic carbocycles. The summed E-state index contributed by atoms with van der Waals surface area (Å²) in [7, 11) is 0. The largest absolute Gasteiger partial charge is 0.488 e. The number of carboxylic acids is 1. The molecule has 0 spiro atoms. The van der Waals surface area contributed by atoms with Crippen molar-refractivity contribution in [2.45, 2.75) is 13.5 Å². The third-order valence-electron chi connectivity index (χ3n) is 3.73. The number of halogens is 1. The molecule has 0 saturated carbocycles. The number of benzene rings is 3. The normalized spacial score (nSPS) is 10.5. The summed E-state index contributed by atoms with van der Waals surface area (Å²) in [4.78, 5) is 22.7. The van der Waals surface area contributed by atoms with Crippen LogP contribution in [0.1, 0.15) is 22.8 Å². The van der Waals surface area contributed by atoms with Crippen molar-refractivity contribution in [3.05, 3.63) is 71.5 Å². The van der Waals surface area contributed by atoms with Gasteiger partial charge in [-0.15, -0.1) is 0 Å². The van der Waals surface area contributed by atoms with Gasteiger partial charge in [-0.25, -0.2) is 9.18 Å². The highest BCUT2D eigenvalue weighted by Crippen LogP contribution is 2.33. The van der Waals surface area contributed by atoms with E-state index in [4.69, 9.17) is 9.47 Å². The smallest absolute Gasteiger partial charge is 0.339 e. The molecule has 1 N–H and O–H groups in total. The summed E-state index contributed by atoms with van der Waals surface area (Å²) in [6.07, 6.45) is 0. The Kier molecular flexibility index (Phi) is 4.84. The maximum Gasteiger partial charge on any atom is 0.339 e. The van der Waals surface area contributed by atoms with Gasteiger partial charge in [0, 0.05) is 12.3 Å². The number of rotatable bonds is 5. The molecule has 0 bridgehead atoms. The highest BCUT2D eigenvalue weighted by atomic mass is 19.1. The molecule has 132 valence electrons. The molecule has 0 amide bonds. The lowest BCUT2D eigenvalue weighted by Gasteiger charge is -2.12. The molecule has 0 unspecified atom stereocenters. The summed E-state index contributed by atoms with van der Waals surface area (Å²) >= 11 is 0. The van der Waals surface area contributed by atoms with Crippen LogP contribution in [-0.2, 0) is 11.4 Å². The summed E-state index contributed by atoms with van der Waals surface area (Å²) in [6, 6.07) is 14.0. The molecule has 0 aliphatic rings. The second-order valence-corrected chi connectivity index (χ2v) is 5.64. The van der Waals surface area contributed by atoms with Crippen LogP contribution >= 0.6 is 0 Å². The second kappa shape index (κ2) is 7.23. The first-order chi connectivity index (χ1) is 12.4. The number of carbonyl (C=O) groups excluding carboxylic acids is 1. The molecule has 0 fully saturated rings. The standard InChI is InChI=1S/C20H15FO5/c1-12(22)26-19-10-16-14(9-17(19)20(23)24)3-2-4-18(16)25-11-13-5-7-15(21)8-6-13/h2-10H,11H2,1H3,(H,23,24). The number of carbonyl (C=O) groups is 2. The fourth-order valence-corrected chi connectivity index (χ4v) is 2.55. The van der Waals surface area contributed by atoms with E-state index in [1.165, 1.54) is 31.2 Å². The van der Waals surface area contributed by atoms with Gasteiger partial charge in [0.05, 0.1) is 0 Å². The number of ether oxygens (including phenoxy) is 2. The van der Waals surface area contributed by atoms with E-state index in [2.05, 4.69) is 0 Å². The molecule has 0 aliphatic heterocycles. The Bertz CT molecular complexity index is 979. The number of carboxylic acid groups (broad SMARTS) is 1. The molecule has 5 nitrogen and oxygen atoms in total. The van der Waals surface area contributed by atoms with Crippen LogP contribution in [0.25, 0.3) is 10.8 Å². The zero-order valence-electron chi connectivity index (χ0n) is 13.9. The minimum atomic E-state index is -1.19. The fourth-order valence-electron chi connectivity index (χ4n) is 2.55. The predicted molar refractivity (Wildman–Crippen MR) is 92.9 cm³/mol. The van der Waals surface area contributed by atoms with Crippen molar-refractivity contribution in [2.75, 3.05) is 0 Å². The quantitative estimate of drug-likeness (QED) is 0.550. The van der Waals surface area contributed by atoms with Crippen molar-refractivity contribution in [1.29, 1.82) is 0 Å². The van der Waals surface area contributed by atoms with E-state index in [0.29, 0.717) is 16.5 Å². The van der Waals surface area contributed by atoms with Crippen molar-refractivity contribution in [2.24, 2.45) is 0 Å². The van der Waals surface area contributed by atoms with Crippen LogP contribution in [0.5, 0.6) is 11.5 Å². The zero-order chi connectivity index (χ0) is 18.7. The number of aromatic carboxylic acids is 1. The third kappa shape index (κ3) is 3.80. The summed E-state index contributed by atoms with van der Waals surface area (Å²) in [5.74, 6) is -1.68. The van der Waals surface area contributed by atoms with Gasteiger partial charge in [-0.3, -0.25) is 4.79 Å². The van der Waals surface area contributed by atoms with Crippen LogP contribution in [0.4, 0.5) is 4.39 Å². The Hall–Kier alpha value is -3.41. The van der Waals surface area contributed by atoms with Crippen LogP contribution < -0.4 is 9.47 Å². The Morgan fingerprint density at radius 3 is 2.42 bits per heavy atom. The van der Waals surface area contributed by atoms with Crippen molar-refractivity contribution < 1.29 is 28.6 Å². The fraction of sp³-hybridized carbons (Fsp3) is 0.100. The van der Waals surface area contributed by atoms with Gasteiger partial charge in [0.25, 0.3) is 0 Å². The topological polar surface area (TPSA) is 72.8 Å². The minimum Gasteiger partial charge on any atom is -0.488 e. The van der Waals surface area contributed by atoms with Crippen LogP contribution in [-0.4, -0.2) is 17.0 Å². The number of hydrogen-bond donors (Lipinski definition) is 1. The Labute approximate surface area is 148 Å². The van der Waals surface area contributed by atoms with Gasteiger partial charge in [-0.2, -0.15) is 0 Å². The van der Waals surface area contributed by atoms with Crippen LogP contribution in [0.15, 0.2) is 54.6 Å². The summed E-state index contributed by atoms with van der Waals surface area (Å²) in [5, 5.41) is 10.6. The molecular formula is C20H15FO5. The lowest BCUT2D eigenvalue weighted by atomic mass is 10.0. The second-order valence-electron chi connectivity index (χ2n) is 5.64. The van der Waals surface area contributed by atoms with Gasteiger partial charge < -0.3 is 14.6 Å². The summed E-state index contributed by atoms with van der Waals surface area (Å²) in [5.41, 5.74) is 0.675. The molecule has 0 radical (unpaired) electrons. The van der Waals surface area contributed by atoms with Gasteiger partial charge in [0.15, 0.2) is 0 Å². The van der Waals surface area contributed by atoms with E-state index >= 15 is 0 Å². The van der Waals surface area contributed by atoms with Crippen LogP contribution in [0.3, 0.4) is 0 Å². The van der Waals surface area contributed by atoms with Crippen LogP contribution in [0.2, 0.25) is 0 Å². The molecule has 0 atom stereocenters. The van der Waals surface area contributed by atoms with E-state index in [1.54, 1.807) is 30.3 Å². The Balaban J connectivity index is 1.98. The summed E-state index contributed by atoms with van der Waals surface area (Å²) in [6.45, 7) is 1.41. The molecule has 26 heavy (non-hydrogen) atoms. The molecule has 3 aromatic rings. The Morgan fingerprint density at radius 2 is 1.77 bits per heavy atom. The first-order valence-corrected chi connectivity index (χ1v) is 7.80. The van der Waals surface area contributed by atoms with Gasteiger partial charge in [-0.1, -0.05) is 24.3 Å². The monoisotopic (exact) mass is 354 g/mol. The Morgan fingerprint density at radius 1 is 1.04 bits per heavy atom. The van der Waals surface area contributed by atoms with Gasteiger partial charge in [-0.05, 0) is 41.3 Å². The zero-order valence-corrected chi connectivity index (χ0v) is 13.9. The van der Waals surface area contributed by atoms with Gasteiger partial charge in [0.2, 0.25) is 0 Å². The number of esters is 1. The van der Waals surface area contributed by atoms with Crippen molar-refractivity contribution >= 4 is 22.7 Å². The molecule has 0 heterocycles. The summed E-state index contributed by atoms with van der Waals surface area (Å²) < 4.78 is 23.8. The SMILES string of the molecule is CC(=O)Oc1cc2c(OCc3ccc(F)cc3)cccc2cc1C(=O)O. The van der Waals surface area contributed by atoms with E-state index in [1.807, 2.05) is 0 Å². The third-order valence-corrected chi connectivity index (χ3v) is 3.73. The highest BCUT2D eigenvalue weighted by molar-refractivity contribution is 6.00. The van der Waals surface area contributed by atoms with Gasteiger partial charge >= 0.3 is 11.9 Å². The molecule has 3 rings (SSSR count). The van der Waals surface area contributed by atoms with E-state index in [9.17, 15) is 19.1 Å². The van der Waals surface area contributed by atoms with E-state index in [0.717, 1.165) is 5.56 Å². The van der Waals surface area contributed by atoms with E-state index in [-0.39, 0.29) is 23.7 Å². The van der Waals surface area contributed by atoms with Crippen molar-refractivity contribution in [1.82, 2.24) is 0 Å². The molecule has 0 saturated heterocycles. The van der Waals surface area contributed by atoms with Crippen LogP contribution in [0, 0.1) is 5.82 Å². The maximum atomic E-state index is 13.0.